The van der Waals surface area contributed by atoms with Crippen LogP contribution < -0.4 is 0 Å². The minimum Gasteiger partial charge on any atom is -0.373 e. The molecular formula is C18H39O3Si. The lowest BCUT2D eigenvalue weighted by Gasteiger charge is -2.29. The predicted octanol–water partition coefficient (Wildman–Crippen LogP) is 5.77. The Kier molecular flexibility index (Phi) is 16.0. The number of unbranched alkanes of at least 4 members (excludes halogenated alkanes) is 6. The first-order valence-corrected chi connectivity index (χ1v) is 11.4. The van der Waals surface area contributed by atoms with Crippen LogP contribution in [0.2, 0.25) is 6.04 Å². The van der Waals surface area contributed by atoms with E-state index in [1.54, 1.807) is 0 Å². The van der Waals surface area contributed by atoms with Crippen LogP contribution in [0.15, 0.2) is 0 Å². The summed E-state index contributed by atoms with van der Waals surface area (Å²) in [5, 5.41) is 0. The molecule has 3 nitrogen and oxygen atoms in total. The van der Waals surface area contributed by atoms with Crippen LogP contribution in [0.3, 0.4) is 0 Å². The zero-order valence-electron chi connectivity index (χ0n) is 15.3. The van der Waals surface area contributed by atoms with Gasteiger partial charge in [0, 0.05) is 25.9 Å². The maximum Gasteiger partial charge on any atom is 0.500 e. The van der Waals surface area contributed by atoms with E-state index in [4.69, 9.17) is 13.3 Å². The van der Waals surface area contributed by atoms with Crippen molar-refractivity contribution in [3.8, 4) is 0 Å². The van der Waals surface area contributed by atoms with Crippen LogP contribution in [0.1, 0.15) is 85.0 Å². The van der Waals surface area contributed by atoms with Crippen molar-refractivity contribution >= 4 is 8.80 Å². The number of hydrogen-bond acceptors (Lipinski definition) is 3. The van der Waals surface area contributed by atoms with Crippen LogP contribution in [-0.2, 0) is 13.3 Å². The van der Waals surface area contributed by atoms with Gasteiger partial charge in [0.15, 0.2) is 0 Å². The fourth-order valence-electron chi connectivity index (χ4n) is 2.30. The Balaban J connectivity index is 4.39. The molecule has 0 spiro atoms. The van der Waals surface area contributed by atoms with Crippen molar-refractivity contribution in [1.29, 1.82) is 0 Å². The highest BCUT2D eigenvalue weighted by molar-refractivity contribution is 6.60. The molecule has 0 heterocycles. The normalized spacial score (nSPS) is 12.0. The lowest BCUT2D eigenvalue weighted by atomic mass is 10.3. The van der Waals surface area contributed by atoms with Gasteiger partial charge in [-0.25, -0.2) is 0 Å². The zero-order chi connectivity index (χ0) is 16.5. The minimum absolute atomic E-state index is 0.765. The third-order valence-electron chi connectivity index (χ3n) is 3.69. The summed E-state index contributed by atoms with van der Waals surface area (Å²) in [5.74, 6) is 0. The lowest BCUT2D eigenvalue weighted by Crippen LogP contribution is -2.46. The Labute approximate surface area is 140 Å². The Hall–Kier alpha value is 0.0969. The molecule has 0 saturated carbocycles. The topological polar surface area (TPSA) is 27.7 Å². The van der Waals surface area contributed by atoms with Gasteiger partial charge in [-0.15, -0.1) is 0 Å². The maximum atomic E-state index is 6.19. The molecule has 22 heavy (non-hydrogen) atoms. The average Bonchev–Trinajstić information content (AvgIpc) is 2.53. The van der Waals surface area contributed by atoms with E-state index in [1.165, 1.54) is 38.5 Å². The van der Waals surface area contributed by atoms with Gasteiger partial charge in [-0.3, -0.25) is 0 Å². The highest BCUT2D eigenvalue weighted by Crippen LogP contribution is 2.20. The Morgan fingerprint density at radius 1 is 0.636 bits per heavy atom. The summed E-state index contributed by atoms with van der Waals surface area (Å²) in [6, 6.07) is 0.845. The van der Waals surface area contributed by atoms with E-state index >= 15 is 0 Å². The largest absolute Gasteiger partial charge is 0.500 e. The molecule has 0 saturated heterocycles. The van der Waals surface area contributed by atoms with E-state index < -0.39 is 8.80 Å². The number of rotatable bonds is 17. The van der Waals surface area contributed by atoms with Crippen molar-refractivity contribution in [1.82, 2.24) is 0 Å². The lowest BCUT2D eigenvalue weighted by molar-refractivity contribution is 0.0557. The molecule has 0 aliphatic carbocycles. The predicted molar refractivity (Wildman–Crippen MR) is 97.0 cm³/mol. The zero-order valence-corrected chi connectivity index (χ0v) is 16.3. The van der Waals surface area contributed by atoms with Crippen molar-refractivity contribution in [2.24, 2.45) is 0 Å². The second-order valence-corrected chi connectivity index (χ2v) is 8.69. The summed E-state index contributed by atoms with van der Waals surface area (Å²) >= 11 is 0. The van der Waals surface area contributed by atoms with Gasteiger partial charge in [0.25, 0.3) is 0 Å². The van der Waals surface area contributed by atoms with Gasteiger partial charge >= 0.3 is 8.80 Å². The molecule has 0 N–H and O–H groups in total. The second-order valence-electron chi connectivity index (χ2n) is 5.95. The van der Waals surface area contributed by atoms with Gasteiger partial charge in [-0.1, -0.05) is 66.2 Å². The molecule has 0 rings (SSSR count). The van der Waals surface area contributed by atoms with Crippen LogP contribution in [0, 0.1) is 6.92 Å². The summed E-state index contributed by atoms with van der Waals surface area (Å²) in [6.07, 6.45) is 11.4. The van der Waals surface area contributed by atoms with E-state index in [-0.39, 0.29) is 0 Å². The third-order valence-corrected chi connectivity index (χ3v) is 6.59. The second kappa shape index (κ2) is 16.0. The first-order chi connectivity index (χ1) is 10.7. The Morgan fingerprint density at radius 3 is 1.27 bits per heavy atom. The van der Waals surface area contributed by atoms with E-state index in [1.807, 2.05) is 0 Å². The molecule has 0 aromatic heterocycles. The van der Waals surface area contributed by atoms with Crippen LogP contribution in [0.5, 0.6) is 0 Å². The average molecular weight is 332 g/mol. The van der Waals surface area contributed by atoms with E-state index in [0.717, 1.165) is 51.5 Å². The van der Waals surface area contributed by atoms with Crippen LogP contribution in [0.4, 0.5) is 0 Å². The van der Waals surface area contributed by atoms with E-state index in [9.17, 15) is 0 Å². The molecule has 0 bridgehead atoms. The standard InChI is InChI=1S/C18H39O3Si/c1-5-9-12-15-19-22(18-8-4,20-16-13-10-6-2)21-17-14-11-7-3/h4-18H2,1-3H3. The number of hydrogen-bond donors (Lipinski definition) is 0. The summed E-state index contributed by atoms with van der Waals surface area (Å²) in [7, 11) is -2.51. The van der Waals surface area contributed by atoms with Crippen molar-refractivity contribution in [3.63, 3.8) is 0 Å². The molecule has 0 fully saturated rings. The first-order valence-electron chi connectivity index (χ1n) is 9.45. The monoisotopic (exact) mass is 331 g/mol. The van der Waals surface area contributed by atoms with Crippen LogP contribution in [0.25, 0.3) is 0 Å². The SMILES string of the molecule is [CH2]CC[Si](OCCCCC)(OCCCCC)OCCCCC. The third kappa shape index (κ3) is 11.6. The minimum atomic E-state index is -2.51. The molecule has 0 unspecified atom stereocenters. The molecule has 0 aliphatic rings. The molecule has 1 radical (unpaired) electrons. The maximum absolute atomic E-state index is 6.19. The van der Waals surface area contributed by atoms with Gasteiger partial charge in [0.05, 0.1) is 0 Å². The van der Waals surface area contributed by atoms with Crippen molar-refractivity contribution < 1.29 is 13.3 Å². The quantitative estimate of drug-likeness (QED) is 0.250. The van der Waals surface area contributed by atoms with Crippen LogP contribution >= 0.6 is 0 Å². The highest BCUT2D eigenvalue weighted by atomic mass is 28.4. The molecule has 4 heteroatoms. The van der Waals surface area contributed by atoms with Crippen molar-refractivity contribution in [3.05, 3.63) is 6.92 Å². The van der Waals surface area contributed by atoms with Gasteiger partial charge in [0.1, 0.15) is 0 Å². The molecule has 0 aromatic carbocycles. The van der Waals surface area contributed by atoms with E-state index in [2.05, 4.69) is 27.7 Å². The van der Waals surface area contributed by atoms with Crippen LogP contribution in [-0.4, -0.2) is 28.6 Å². The van der Waals surface area contributed by atoms with Crippen molar-refractivity contribution in [2.75, 3.05) is 19.8 Å². The molecule has 0 aliphatic heterocycles. The Morgan fingerprint density at radius 2 is 1.00 bits per heavy atom. The summed E-state index contributed by atoms with van der Waals surface area (Å²) < 4.78 is 18.6. The molecule has 0 amide bonds. The van der Waals surface area contributed by atoms with Gasteiger partial charge in [-0.2, -0.15) is 0 Å². The summed E-state index contributed by atoms with van der Waals surface area (Å²) in [6.45, 7) is 12.9. The van der Waals surface area contributed by atoms with Gasteiger partial charge in [0.2, 0.25) is 0 Å². The molecule has 0 atom stereocenters. The smallest absolute Gasteiger partial charge is 0.373 e. The first kappa shape index (κ1) is 22.1. The summed E-state index contributed by atoms with van der Waals surface area (Å²) in [4.78, 5) is 0. The van der Waals surface area contributed by atoms with Gasteiger partial charge in [-0.05, 0) is 25.7 Å². The Bertz CT molecular complexity index is 193. The molecular weight excluding hydrogens is 292 g/mol. The van der Waals surface area contributed by atoms with Crippen molar-refractivity contribution in [2.45, 2.75) is 91.0 Å². The van der Waals surface area contributed by atoms with E-state index in [0.29, 0.717) is 0 Å². The van der Waals surface area contributed by atoms with Gasteiger partial charge < -0.3 is 13.3 Å². The molecule has 0 aromatic rings. The summed E-state index contributed by atoms with van der Waals surface area (Å²) in [5.41, 5.74) is 0. The fraction of sp³-hybridized carbons (Fsp3) is 0.944. The highest BCUT2D eigenvalue weighted by Gasteiger charge is 2.40. The molecule has 133 valence electrons. The fourth-order valence-corrected chi connectivity index (χ4v) is 4.78.